The van der Waals surface area contributed by atoms with E-state index in [9.17, 15) is 14.7 Å². The average molecular weight is 222 g/mol. The predicted molar refractivity (Wildman–Crippen MR) is 59.8 cm³/mol. The van der Waals surface area contributed by atoms with Crippen LogP contribution in [-0.4, -0.2) is 22.8 Å². The van der Waals surface area contributed by atoms with E-state index >= 15 is 0 Å². The largest absolute Gasteiger partial charge is 0.377 e. The summed E-state index contributed by atoms with van der Waals surface area (Å²) in [6.07, 6.45) is 2.08. The zero-order valence-corrected chi connectivity index (χ0v) is 10.0. The summed E-state index contributed by atoms with van der Waals surface area (Å²) in [6, 6.07) is 0. The molecule has 0 unspecified atom stereocenters. The summed E-state index contributed by atoms with van der Waals surface area (Å²) >= 11 is 0. The Morgan fingerprint density at radius 2 is 2.06 bits per heavy atom. The first-order valence-electron chi connectivity index (χ1n) is 5.64. The van der Waals surface area contributed by atoms with Gasteiger partial charge in [0, 0.05) is 16.9 Å². The molecule has 2 bridgehead atoms. The topological polar surface area (TPSA) is 54.4 Å². The molecule has 16 heavy (non-hydrogen) atoms. The van der Waals surface area contributed by atoms with Gasteiger partial charge in [0.25, 0.3) is 0 Å². The summed E-state index contributed by atoms with van der Waals surface area (Å²) in [4.78, 5) is 23.2. The fourth-order valence-electron chi connectivity index (χ4n) is 3.68. The lowest BCUT2D eigenvalue weighted by Gasteiger charge is -2.32. The van der Waals surface area contributed by atoms with E-state index in [0.29, 0.717) is 6.29 Å². The Kier molecular flexibility index (Phi) is 2.04. The van der Waals surface area contributed by atoms with Crippen molar-refractivity contribution >= 4 is 12.1 Å². The van der Waals surface area contributed by atoms with Crippen molar-refractivity contribution in [3.8, 4) is 0 Å². The molecule has 0 aliphatic heterocycles. The minimum absolute atomic E-state index is 0.0130. The summed E-state index contributed by atoms with van der Waals surface area (Å²) in [5.74, 6) is -0.409. The number of carbonyl (C=O) groups excluding carboxylic acids is 2. The molecular formula is C13H18O3. The number of aliphatic hydroxyl groups is 1. The van der Waals surface area contributed by atoms with Gasteiger partial charge >= 0.3 is 0 Å². The molecule has 0 radical (unpaired) electrons. The highest BCUT2D eigenvalue weighted by Crippen LogP contribution is 2.68. The van der Waals surface area contributed by atoms with Crippen molar-refractivity contribution in [3.63, 3.8) is 0 Å². The molecule has 3 atom stereocenters. The third kappa shape index (κ3) is 0.892. The SMILES string of the molecule is C=C(C=O)[C@@]1(O)C(=O)[C@@]2(C)CC[C@@H]1C2(C)C. The van der Waals surface area contributed by atoms with Crippen LogP contribution in [0.5, 0.6) is 0 Å². The normalized spacial score (nSPS) is 44.8. The van der Waals surface area contributed by atoms with E-state index in [0.717, 1.165) is 12.8 Å². The highest BCUT2D eigenvalue weighted by atomic mass is 16.3. The molecule has 0 aromatic carbocycles. The maximum Gasteiger partial charge on any atom is 0.175 e. The molecule has 2 aliphatic rings. The minimum Gasteiger partial charge on any atom is -0.377 e. The van der Waals surface area contributed by atoms with Gasteiger partial charge in [-0.1, -0.05) is 27.4 Å². The Morgan fingerprint density at radius 1 is 1.50 bits per heavy atom. The van der Waals surface area contributed by atoms with Gasteiger partial charge in [-0.05, 0) is 18.3 Å². The van der Waals surface area contributed by atoms with Gasteiger partial charge in [0.2, 0.25) is 0 Å². The first-order chi connectivity index (χ1) is 7.23. The van der Waals surface area contributed by atoms with Gasteiger partial charge in [0.15, 0.2) is 11.4 Å². The number of hydrogen-bond acceptors (Lipinski definition) is 3. The van der Waals surface area contributed by atoms with E-state index in [1.54, 1.807) is 0 Å². The van der Waals surface area contributed by atoms with Crippen molar-refractivity contribution in [1.29, 1.82) is 0 Å². The molecule has 0 saturated heterocycles. The second kappa shape index (κ2) is 2.83. The van der Waals surface area contributed by atoms with Crippen LogP contribution in [-0.2, 0) is 9.59 Å². The highest BCUT2D eigenvalue weighted by Gasteiger charge is 2.73. The average Bonchev–Trinajstić information content (AvgIpc) is 2.52. The van der Waals surface area contributed by atoms with E-state index in [2.05, 4.69) is 6.58 Å². The number of ketones is 1. The highest BCUT2D eigenvalue weighted by molar-refractivity contribution is 6.04. The number of fused-ring (bicyclic) bond motifs is 2. The lowest BCUT2D eigenvalue weighted by Crippen LogP contribution is -2.48. The molecular weight excluding hydrogens is 204 g/mol. The van der Waals surface area contributed by atoms with E-state index in [-0.39, 0.29) is 22.7 Å². The molecule has 0 aromatic heterocycles. The van der Waals surface area contributed by atoms with Gasteiger partial charge in [-0.2, -0.15) is 0 Å². The van der Waals surface area contributed by atoms with E-state index in [1.807, 2.05) is 20.8 Å². The fraction of sp³-hybridized carbons (Fsp3) is 0.692. The van der Waals surface area contributed by atoms with Crippen LogP contribution in [0.25, 0.3) is 0 Å². The van der Waals surface area contributed by atoms with Crippen molar-refractivity contribution in [2.75, 3.05) is 0 Å². The Bertz CT molecular complexity index is 396. The second-order valence-electron chi connectivity index (χ2n) is 5.88. The molecule has 3 nitrogen and oxygen atoms in total. The molecule has 1 N–H and O–H groups in total. The fourth-order valence-corrected chi connectivity index (χ4v) is 3.68. The van der Waals surface area contributed by atoms with Crippen LogP contribution < -0.4 is 0 Å². The number of Topliss-reactive ketones (excluding diaryl/α,β-unsaturated/α-hetero) is 1. The monoisotopic (exact) mass is 222 g/mol. The zero-order valence-electron chi connectivity index (χ0n) is 10.0. The van der Waals surface area contributed by atoms with Crippen LogP contribution in [0.1, 0.15) is 33.6 Å². The summed E-state index contributed by atoms with van der Waals surface area (Å²) in [5.41, 5.74) is -2.42. The number of rotatable bonds is 2. The molecule has 0 amide bonds. The van der Waals surface area contributed by atoms with Crippen molar-refractivity contribution in [1.82, 2.24) is 0 Å². The summed E-state index contributed by atoms with van der Waals surface area (Å²) in [5, 5.41) is 10.5. The van der Waals surface area contributed by atoms with Gasteiger partial charge in [-0.3, -0.25) is 9.59 Å². The number of aldehydes is 1. The molecule has 0 heterocycles. The standard InChI is InChI=1S/C13H18O3/c1-8(7-14)13(16)9-5-6-12(4,10(13)15)11(9,2)3/h7,9,16H,1,5-6H2,2-4H3/t9-,12-,13+/m1/s1. The quantitative estimate of drug-likeness (QED) is 0.569. The summed E-state index contributed by atoms with van der Waals surface area (Å²) in [6.45, 7) is 9.45. The number of hydrogen-bond donors (Lipinski definition) is 1. The zero-order chi connectivity index (χ0) is 12.4. The first kappa shape index (κ1) is 11.5. The minimum atomic E-state index is -1.63. The van der Waals surface area contributed by atoms with Crippen molar-refractivity contribution in [2.45, 2.75) is 39.2 Å². The Balaban J connectivity index is 2.60. The van der Waals surface area contributed by atoms with Gasteiger partial charge in [0.05, 0.1) is 0 Å². The first-order valence-corrected chi connectivity index (χ1v) is 5.64. The van der Waals surface area contributed by atoms with Crippen LogP contribution >= 0.6 is 0 Å². The van der Waals surface area contributed by atoms with Crippen LogP contribution in [0, 0.1) is 16.7 Å². The van der Waals surface area contributed by atoms with Crippen LogP contribution in [0.3, 0.4) is 0 Å². The van der Waals surface area contributed by atoms with Crippen LogP contribution in [0.2, 0.25) is 0 Å². The van der Waals surface area contributed by atoms with E-state index in [4.69, 9.17) is 0 Å². The molecule has 2 aliphatic carbocycles. The number of carbonyl (C=O) groups is 2. The summed E-state index contributed by atoms with van der Waals surface area (Å²) in [7, 11) is 0. The molecule has 2 fully saturated rings. The third-order valence-electron chi connectivity index (χ3n) is 5.21. The van der Waals surface area contributed by atoms with E-state index in [1.165, 1.54) is 0 Å². The van der Waals surface area contributed by atoms with Crippen molar-refractivity contribution in [2.24, 2.45) is 16.7 Å². The third-order valence-corrected chi connectivity index (χ3v) is 5.21. The van der Waals surface area contributed by atoms with Crippen LogP contribution in [0.15, 0.2) is 12.2 Å². The maximum atomic E-state index is 12.4. The Labute approximate surface area is 95.5 Å². The molecule has 2 saturated carbocycles. The molecule has 2 rings (SSSR count). The van der Waals surface area contributed by atoms with Crippen molar-refractivity contribution < 1.29 is 14.7 Å². The van der Waals surface area contributed by atoms with Gasteiger partial charge in [-0.15, -0.1) is 0 Å². The van der Waals surface area contributed by atoms with Gasteiger partial charge < -0.3 is 5.11 Å². The lowest BCUT2D eigenvalue weighted by atomic mass is 9.70. The smallest absolute Gasteiger partial charge is 0.175 e. The second-order valence-corrected chi connectivity index (χ2v) is 5.88. The Morgan fingerprint density at radius 3 is 2.44 bits per heavy atom. The lowest BCUT2D eigenvalue weighted by molar-refractivity contribution is -0.143. The summed E-state index contributed by atoms with van der Waals surface area (Å²) < 4.78 is 0. The van der Waals surface area contributed by atoms with Gasteiger partial charge in [-0.25, -0.2) is 0 Å². The van der Waals surface area contributed by atoms with E-state index < -0.39 is 11.0 Å². The van der Waals surface area contributed by atoms with Crippen LogP contribution in [0.4, 0.5) is 0 Å². The molecule has 0 spiro atoms. The molecule has 3 heteroatoms. The maximum absolute atomic E-state index is 12.4. The molecule has 0 aromatic rings. The molecule has 88 valence electrons. The Hall–Kier alpha value is -0.960. The van der Waals surface area contributed by atoms with Gasteiger partial charge in [0.1, 0.15) is 6.29 Å². The van der Waals surface area contributed by atoms with Crippen molar-refractivity contribution in [3.05, 3.63) is 12.2 Å². The predicted octanol–water partition coefficient (Wildman–Crippen LogP) is 1.50.